The van der Waals surface area contributed by atoms with E-state index < -0.39 is 11.6 Å². The smallest absolute Gasteiger partial charge is 0.130 e. The number of ether oxygens (including phenoxy) is 1. The Morgan fingerprint density at radius 1 is 1.24 bits per heavy atom. The first-order chi connectivity index (χ1) is 8.20. The summed E-state index contributed by atoms with van der Waals surface area (Å²) in [4.78, 5) is 0. The van der Waals surface area contributed by atoms with Crippen molar-refractivity contribution in [3.05, 3.63) is 35.4 Å². The van der Waals surface area contributed by atoms with Gasteiger partial charge in [-0.1, -0.05) is 13.0 Å². The molecule has 4 heteroatoms. The normalized spacial score (nSPS) is 12.7. The summed E-state index contributed by atoms with van der Waals surface area (Å²) in [6.07, 6.45) is 1.49. The van der Waals surface area contributed by atoms with Crippen LogP contribution in [0.3, 0.4) is 0 Å². The lowest BCUT2D eigenvalue weighted by atomic mass is 10.0. The first kappa shape index (κ1) is 14.1. The van der Waals surface area contributed by atoms with Crippen LogP contribution in [-0.2, 0) is 4.74 Å². The van der Waals surface area contributed by atoms with Crippen molar-refractivity contribution in [1.29, 1.82) is 0 Å². The third kappa shape index (κ3) is 4.06. The highest BCUT2D eigenvalue weighted by molar-refractivity contribution is 5.23. The van der Waals surface area contributed by atoms with Gasteiger partial charge in [0.2, 0.25) is 0 Å². The van der Waals surface area contributed by atoms with Crippen molar-refractivity contribution >= 4 is 0 Å². The van der Waals surface area contributed by atoms with Crippen molar-refractivity contribution < 1.29 is 13.5 Å². The van der Waals surface area contributed by atoms with Crippen LogP contribution in [0.15, 0.2) is 18.2 Å². The van der Waals surface area contributed by atoms with Crippen LogP contribution in [-0.4, -0.2) is 20.3 Å². The van der Waals surface area contributed by atoms with Gasteiger partial charge in [0, 0.05) is 24.8 Å². The molecule has 0 aliphatic rings. The van der Waals surface area contributed by atoms with Crippen LogP contribution in [0.25, 0.3) is 0 Å². The summed E-state index contributed by atoms with van der Waals surface area (Å²) in [5.41, 5.74) is 0.0927. The first-order valence-electron chi connectivity index (χ1n) is 5.89. The Balaban J connectivity index is 2.66. The maximum absolute atomic E-state index is 13.5. The van der Waals surface area contributed by atoms with Gasteiger partial charge in [0.1, 0.15) is 11.6 Å². The second-order valence-electron chi connectivity index (χ2n) is 3.88. The summed E-state index contributed by atoms with van der Waals surface area (Å²) in [6.45, 7) is 3.19. The number of nitrogens with one attached hydrogen (secondary N) is 1. The summed E-state index contributed by atoms with van der Waals surface area (Å²) in [6, 6.07) is 3.56. The predicted octanol–water partition coefficient (Wildman–Crippen LogP) is 3.04. The molecule has 1 N–H and O–H groups in total. The van der Waals surface area contributed by atoms with Gasteiger partial charge in [0.05, 0.1) is 0 Å². The Morgan fingerprint density at radius 2 is 1.88 bits per heavy atom. The molecule has 96 valence electrons. The van der Waals surface area contributed by atoms with Crippen molar-refractivity contribution in [3.8, 4) is 0 Å². The largest absolute Gasteiger partial charge is 0.381 e. The SMILES string of the molecule is CCCOCCC(NC)c1c(F)cccc1F. The minimum absolute atomic E-state index is 0.0927. The maximum Gasteiger partial charge on any atom is 0.130 e. The van der Waals surface area contributed by atoms with Gasteiger partial charge in [-0.25, -0.2) is 8.78 Å². The Bertz CT molecular complexity index is 324. The topological polar surface area (TPSA) is 21.3 Å². The van der Waals surface area contributed by atoms with Crippen LogP contribution < -0.4 is 5.32 Å². The molecule has 0 heterocycles. The number of rotatable bonds is 7. The average Bonchev–Trinajstić information content (AvgIpc) is 2.31. The predicted molar refractivity (Wildman–Crippen MR) is 63.9 cm³/mol. The Morgan fingerprint density at radius 3 is 2.41 bits per heavy atom. The lowest BCUT2D eigenvalue weighted by molar-refractivity contribution is 0.124. The monoisotopic (exact) mass is 243 g/mol. The van der Waals surface area contributed by atoms with Crippen LogP contribution in [0.4, 0.5) is 8.78 Å². The molecule has 0 spiro atoms. The fourth-order valence-electron chi connectivity index (χ4n) is 1.72. The molecule has 1 unspecified atom stereocenters. The molecule has 17 heavy (non-hydrogen) atoms. The van der Waals surface area contributed by atoms with E-state index in [0.717, 1.165) is 6.42 Å². The van der Waals surface area contributed by atoms with Crippen LogP contribution >= 0.6 is 0 Å². The summed E-state index contributed by atoms with van der Waals surface area (Å²) in [5, 5.41) is 2.92. The molecule has 0 radical (unpaired) electrons. The van der Waals surface area contributed by atoms with E-state index in [1.807, 2.05) is 6.92 Å². The zero-order valence-corrected chi connectivity index (χ0v) is 10.3. The Hall–Kier alpha value is -1.00. The second-order valence-corrected chi connectivity index (χ2v) is 3.88. The summed E-state index contributed by atoms with van der Waals surface area (Å²) >= 11 is 0. The molecule has 0 aliphatic heterocycles. The number of hydrogen-bond donors (Lipinski definition) is 1. The second kappa shape index (κ2) is 7.35. The van der Waals surface area contributed by atoms with E-state index in [-0.39, 0.29) is 11.6 Å². The lowest BCUT2D eigenvalue weighted by Gasteiger charge is -2.18. The van der Waals surface area contributed by atoms with Gasteiger partial charge in [0.25, 0.3) is 0 Å². The van der Waals surface area contributed by atoms with E-state index in [1.165, 1.54) is 18.2 Å². The van der Waals surface area contributed by atoms with Crippen molar-refractivity contribution in [2.24, 2.45) is 0 Å². The number of hydrogen-bond acceptors (Lipinski definition) is 2. The molecule has 1 aromatic carbocycles. The van der Waals surface area contributed by atoms with E-state index in [9.17, 15) is 8.78 Å². The number of benzene rings is 1. The molecule has 0 aromatic heterocycles. The quantitative estimate of drug-likeness (QED) is 0.743. The van der Waals surface area contributed by atoms with E-state index in [2.05, 4.69) is 5.32 Å². The molecule has 1 aromatic rings. The Labute approximate surface area is 101 Å². The fourth-order valence-corrected chi connectivity index (χ4v) is 1.72. The molecule has 0 aliphatic carbocycles. The minimum Gasteiger partial charge on any atom is -0.381 e. The number of halogens is 2. The van der Waals surface area contributed by atoms with Crippen LogP contribution in [0.1, 0.15) is 31.4 Å². The van der Waals surface area contributed by atoms with Gasteiger partial charge in [-0.05, 0) is 32.0 Å². The standard InChI is InChI=1S/C13H19F2NO/c1-3-8-17-9-7-12(16-2)13-10(14)5-4-6-11(13)15/h4-6,12,16H,3,7-9H2,1-2H3. The van der Waals surface area contributed by atoms with Crippen molar-refractivity contribution in [2.75, 3.05) is 20.3 Å². The molecule has 0 bridgehead atoms. The first-order valence-corrected chi connectivity index (χ1v) is 5.89. The third-order valence-electron chi connectivity index (χ3n) is 2.60. The maximum atomic E-state index is 13.5. The van der Waals surface area contributed by atoms with Crippen LogP contribution in [0, 0.1) is 11.6 Å². The zero-order valence-electron chi connectivity index (χ0n) is 10.3. The van der Waals surface area contributed by atoms with Crippen LogP contribution in [0.2, 0.25) is 0 Å². The fraction of sp³-hybridized carbons (Fsp3) is 0.538. The highest BCUT2D eigenvalue weighted by atomic mass is 19.1. The zero-order chi connectivity index (χ0) is 12.7. The highest BCUT2D eigenvalue weighted by Gasteiger charge is 2.18. The molecule has 0 fully saturated rings. The molecule has 1 rings (SSSR count). The third-order valence-corrected chi connectivity index (χ3v) is 2.60. The van der Waals surface area contributed by atoms with E-state index in [4.69, 9.17) is 4.74 Å². The molecule has 2 nitrogen and oxygen atoms in total. The van der Waals surface area contributed by atoms with Gasteiger partial charge < -0.3 is 10.1 Å². The van der Waals surface area contributed by atoms with Crippen LogP contribution in [0.5, 0.6) is 0 Å². The van der Waals surface area contributed by atoms with E-state index in [0.29, 0.717) is 19.6 Å². The summed E-state index contributed by atoms with van der Waals surface area (Å²) in [5.74, 6) is -1.03. The van der Waals surface area contributed by atoms with E-state index in [1.54, 1.807) is 7.05 Å². The lowest BCUT2D eigenvalue weighted by Crippen LogP contribution is -2.21. The molecular weight excluding hydrogens is 224 g/mol. The van der Waals surface area contributed by atoms with Gasteiger partial charge >= 0.3 is 0 Å². The van der Waals surface area contributed by atoms with Gasteiger partial charge in [-0.15, -0.1) is 0 Å². The van der Waals surface area contributed by atoms with Gasteiger partial charge in [-0.2, -0.15) is 0 Å². The molecule has 0 saturated heterocycles. The summed E-state index contributed by atoms with van der Waals surface area (Å²) < 4.78 is 32.4. The summed E-state index contributed by atoms with van der Waals surface area (Å²) in [7, 11) is 1.69. The van der Waals surface area contributed by atoms with Gasteiger partial charge in [-0.3, -0.25) is 0 Å². The molecular formula is C13H19F2NO. The Kier molecular flexibility index (Phi) is 6.08. The van der Waals surface area contributed by atoms with Crippen molar-refractivity contribution in [1.82, 2.24) is 5.32 Å². The molecule has 0 amide bonds. The minimum atomic E-state index is -0.514. The van der Waals surface area contributed by atoms with Crippen molar-refractivity contribution in [2.45, 2.75) is 25.8 Å². The highest BCUT2D eigenvalue weighted by Crippen LogP contribution is 2.22. The van der Waals surface area contributed by atoms with Gasteiger partial charge in [0.15, 0.2) is 0 Å². The molecule has 1 atom stereocenters. The van der Waals surface area contributed by atoms with Crippen molar-refractivity contribution in [3.63, 3.8) is 0 Å². The van der Waals surface area contributed by atoms with E-state index >= 15 is 0 Å². The molecule has 0 saturated carbocycles. The average molecular weight is 243 g/mol.